The van der Waals surface area contributed by atoms with Gasteiger partial charge in [-0.25, -0.2) is 8.42 Å². The molecule has 0 amide bonds. The predicted molar refractivity (Wildman–Crippen MR) is 69.3 cm³/mol. The van der Waals surface area contributed by atoms with Crippen LogP contribution in [-0.2, 0) is 9.84 Å². The van der Waals surface area contributed by atoms with Crippen LogP contribution in [-0.4, -0.2) is 32.1 Å². The summed E-state index contributed by atoms with van der Waals surface area (Å²) >= 11 is 0. The molecule has 1 fully saturated rings. The molecule has 6 heteroatoms. The quantitative estimate of drug-likeness (QED) is 0.895. The van der Waals surface area contributed by atoms with E-state index >= 15 is 0 Å². The fourth-order valence-corrected chi connectivity index (χ4v) is 4.40. The highest BCUT2D eigenvalue weighted by molar-refractivity contribution is 7.91. The summed E-state index contributed by atoms with van der Waals surface area (Å²) < 4.78 is 28.4. The van der Waals surface area contributed by atoms with Crippen LogP contribution in [0.3, 0.4) is 0 Å². The van der Waals surface area contributed by atoms with Crippen LogP contribution in [0.4, 0.5) is 0 Å². The average Bonchev–Trinajstić information content (AvgIpc) is 2.74. The van der Waals surface area contributed by atoms with Gasteiger partial charge in [-0.05, 0) is 12.5 Å². The first kappa shape index (κ1) is 13.8. The fourth-order valence-electron chi connectivity index (χ4n) is 2.43. The Bertz CT molecular complexity index is 620. The minimum Gasteiger partial charge on any atom is -0.496 e. The van der Waals surface area contributed by atoms with Gasteiger partial charge in [-0.2, -0.15) is 5.26 Å². The number of hydrogen-bond acceptors (Lipinski definition) is 5. The maximum atomic E-state index is 11.6. The zero-order valence-corrected chi connectivity index (χ0v) is 11.4. The van der Waals surface area contributed by atoms with E-state index in [1.54, 1.807) is 24.3 Å². The van der Waals surface area contributed by atoms with E-state index in [1.165, 1.54) is 7.11 Å². The third kappa shape index (κ3) is 2.44. The summed E-state index contributed by atoms with van der Waals surface area (Å²) in [5, 5.41) is 19.8. The molecule has 0 aromatic heterocycles. The van der Waals surface area contributed by atoms with Crippen molar-refractivity contribution in [2.75, 3.05) is 18.6 Å². The highest BCUT2D eigenvalue weighted by Gasteiger charge is 2.49. The van der Waals surface area contributed by atoms with Gasteiger partial charge in [0.05, 0.1) is 24.7 Å². The minimum atomic E-state index is -3.26. The van der Waals surface area contributed by atoms with Gasteiger partial charge in [0, 0.05) is 5.56 Å². The zero-order chi connectivity index (χ0) is 14.1. The molecule has 0 spiro atoms. The van der Waals surface area contributed by atoms with Crippen molar-refractivity contribution in [1.29, 1.82) is 5.26 Å². The van der Waals surface area contributed by atoms with Gasteiger partial charge in [-0.3, -0.25) is 0 Å². The first-order chi connectivity index (χ1) is 8.94. The number of sulfone groups is 1. The van der Waals surface area contributed by atoms with Gasteiger partial charge in [-0.1, -0.05) is 18.2 Å². The van der Waals surface area contributed by atoms with E-state index in [1.807, 2.05) is 6.07 Å². The Morgan fingerprint density at radius 1 is 1.47 bits per heavy atom. The van der Waals surface area contributed by atoms with E-state index in [2.05, 4.69) is 0 Å². The molecule has 1 aliphatic rings. The molecule has 2 atom stereocenters. The first-order valence-electron chi connectivity index (χ1n) is 5.87. The maximum Gasteiger partial charge on any atom is 0.152 e. The number of ether oxygens (including phenoxy) is 1. The number of methoxy groups -OCH3 is 1. The molecule has 5 nitrogen and oxygen atoms in total. The van der Waals surface area contributed by atoms with Crippen molar-refractivity contribution in [1.82, 2.24) is 0 Å². The van der Waals surface area contributed by atoms with Crippen molar-refractivity contribution in [3.8, 4) is 11.8 Å². The molecule has 102 valence electrons. The molecule has 0 radical (unpaired) electrons. The van der Waals surface area contributed by atoms with Crippen molar-refractivity contribution >= 4 is 9.84 Å². The molecule has 1 saturated heterocycles. The van der Waals surface area contributed by atoms with Gasteiger partial charge in [0.25, 0.3) is 0 Å². The minimum absolute atomic E-state index is 0.0627. The summed E-state index contributed by atoms with van der Waals surface area (Å²) in [4.78, 5) is 0. The fraction of sp³-hybridized carbons (Fsp3) is 0.462. The number of aliphatic hydroxyl groups excluding tert-OH is 1. The third-order valence-electron chi connectivity index (χ3n) is 3.52. The van der Waals surface area contributed by atoms with Crippen molar-refractivity contribution < 1.29 is 18.3 Å². The van der Waals surface area contributed by atoms with Crippen molar-refractivity contribution in [2.45, 2.75) is 12.5 Å². The predicted octanol–water partition coefficient (Wildman–Crippen LogP) is 1.06. The highest BCUT2D eigenvalue weighted by atomic mass is 32.2. The van der Waals surface area contributed by atoms with Crippen molar-refractivity contribution in [3.63, 3.8) is 0 Å². The number of hydrogen-bond donors (Lipinski definition) is 1. The molecule has 0 bridgehead atoms. The summed E-state index contributed by atoms with van der Waals surface area (Å²) in [7, 11) is -1.79. The van der Waals surface area contributed by atoms with Gasteiger partial charge in [0.2, 0.25) is 0 Å². The molecular weight excluding hydrogens is 266 g/mol. The Morgan fingerprint density at radius 3 is 2.68 bits per heavy atom. The molecule has 2 rings (SSSR count). The summed E-state index contributed by atoms with van der Waals surface area (Å²) in [6.07, 6.45) is -1.03. The van der Waals surface area contributed by atoms with E-state index < -0.39 is 21.4 Å². The molecule has 1 aromatic carbocycles. The van der Waals surface area contributed by atoms with Crippen LogP contribution in [0.15, 0.2) is 24.3 Å². The van der Waals surface area contributed by atoms with Crippen LogP contribution >= 0.6 is 0 Å². The number of aliphatic hydroxyl groups is 1. The van der Waals surface area contributed by atoms with Crippen LogP contribution in [0.5, 0.6) is 5.75 Å². The first-order valence-corrected chi connectivity index (χ1v) is 7.69. The Morgan fingerprint density at radius 2 is 2.16 bits per heavy atom. The van der Waals surface area contributed by atoms with Gasteiger partial charge < -0.3 is 9.84 Å². The molecule has 1 aromatic rings. The molecule has 0 saturated carbocycles. The molecule has 1 aliphatic heterocycles. The topological polar surface area (TPSA) is 87.4 Å². The van der Waals surface area contributed by atoms with E-state index in [0.29, 0.717) is 11.3 Å². The van der Waals surface area contributed by atoms with E-state index in [-0.39, 0.29) is 17.9 Å². The van der Waals surface area contributed by atoms with Crippen LogP contribution in [0.2, 0.25) is 0 Å². The second-order valence-corrected chi connectivity index (χ2v) is 6.94. The van der Waals surface area contributed by atoms with E-state index in [0.717, 1.165) is 0 Å². The lowest BCUT2D eigenvalue weighted by atomic mass is 9.79. The lowest BCUT2D eigenvalue weighted by Gasteiger charge is -2.27. The summed E-state index contributed by atoms with van der Waals surface area (Å²) in [5.41, 5.74) is -0.836. The second kappa shape index (κ2) is 4.83. The highest BCUT2D eigenvalue weighted by Crippen LogP contribution is 2.45. The number of nitriles is 1. The number of rotatable bonds is 3. The maximum absolute atomic E-state index is 11.6. The SMILES string of the molecule is COc1ccccc1C(O)C1(C#N)CCS(=O)(=O)C1. The normalized spacial score (nSPS) is 26.6. The lowest BCUT2D eigenvalue weighted by Crippen LogP contribution is -2.29. The number of benzene rings is 1. The third-order valence-corrected chi connectivity index (χ3v) is 5.30. The van der Waals surface area contributed by atoms with Crippen LogP contribution in [0, 0.1) is 16.7 Å². The standard InChI is InChI=1S/C13H15NO4S/c1-18-11-5-3-2-4-10(11)12(15)13(8-14)6-7-19(16,17)9-13/h2-5,12,15H,6-7,9H2,1H3. The van der Waals surface area contributed by atoms with E-state index in [4.69, 9.17) is 4.74 Å². The Labute approximate surface area is 112 Å². The lowest BCUT2D eigenvalue weighted by molar-refractivity contribution is 0.0768. The molecule has 0 aliphatic carbocycles. The largest absolute Gasteiger partial charge is 0.496 e. The van der Waals surface area contributed by atoms with Crippen LogP contribution in [0.25, 0.3) is 0 Å². The summed E-state index contributed by atoms with van der Waals surface area (Å²) in [6, 6.07) is 8.79. The number of para-hydroxylation sites is 1. The molecular formula is C13H15NO4S. The Balaban J connectivity index is 2.43. The van der Waals surface area contributed by atoms with Crippen molar-refractivity contribution in [2.24, 2.45) is 5.41 Å². The molecule has 1 N–H and O–H groups in total. The summed E-state index contributed by atoms with van der Waals surface area (Å²) in [5.74, 6) is 0.0802. The van der Waals surface area contributed by atoms with Crippen molar-refractivity contribution in [3.05, 3.63) is 29.8 Å². The van der Waals surface area contributed by atoms with Gasteiger partial charge in [0.1, 0.15) is 17.3 Å². The number of nitrogens with zero attached hydrogens (tertiary/aromatic N) is 1. The van der Waals surface area contributed by atoms with Gasteiger partial charge in [0.15, 0.2) is 9.84 Å². The smallest absolute Gasteiger partial charge is 0.152 e. The van der Waals surface area contributed by atoms with Crippen LogP contribution < -0.4 is 4.74 Å². The zero-order valence-electron chi connectivity index (χ0n) is 10.5. The van der Waals surface area contributed by atoms with E-state index in [9.17, 15) is 18.8 Å². The Kier molecular flexibility index (Phi) is 3.52. The van der Waals surface area contributed by atoms with Gasteiger partial charge in [-0.15, -0.1) is 0 Å². The molecule has 19 heavy (non-hydrogen) atoms. The Hall–Kier alpha value is -1.58. The van der Waals surface area contributed by atoms with Gasteiger partial charge >= 0.3 is 0 Å². The second-order valence-electron chi connectivity index (χ2n) is 4.75. The molecule has 1 heterocycles. The monoisotopic (exact) mass is 281 g/mol. The molecule has 2 unspecified atom stereocenters. The summed E-state index contributed by atoms with van der Waals surface area (Å²) in [6.45, 7) is 0. The average molecular weight is 281 g/mol. The van der Waals surface area contributed by atoms with Crippen LogP contribution in [0.1, 0.15) is 18.1 Å².